The Hall–Kier alpha value is -0.570. The van der Waals surface area contributed by atoms with Crippen LogP contribution in [-0.4, -0.2) is 18.1 Å². The molecule has 1 spiro atoms. The quantitative estimate of drug-likeness (QED) is 0.655. The van der Waals surface area contributed by atoms with Crippen molar-refractivity contribution >= 4 is 5.97 Å². The molecule has 0 amide bonds. The van der Waals surface area contributed by atoms with Crippen molar-refractivity contribution in [1.82, 2.24) is 0 Å². The van der Waals surface area contributed by atoms with Gasteiger partial charge in [-0.15, -0.1) is 0 Å². The summed E-state index contributed by atoms with van der Waals surface area (Å²) in [5, 5.41) is 0. The topological polar surface area (TPSA) is 52.3 Å². The maximum atomic E-state index is 11.1. The lowest BCUT2D eigenvalue weighted by atomic mass is 9.55. The maximum absolute atomic E-state index is 11.1. The Labute approximate surface area is 78.6 Å². The Kier molecular flexibility index (Phi) is 2.06. The van der Waals surface area contributed by atoms with Crippen molar-refractivity contribution in [2.75, 3.05) is 0 Å². The first-order valence-corrected chi connectivity index (χ1v) is 5.07. The Morgan fingerprint density at radius 2 is 2.15 bits per heavy atom. The molecule has 2 fully saturated rings. The van der Waals surface area contributed by atoms with Gasteiger partial charge in [0.1, 0.15) is 12.1 Å². The molecule has 1 atom stereocenters. The third-order valence-corrected chi connectivity index (χ3v) is 3.39. The molecule has 0 unspecified atom stereocenters. The standard InChI is InChI=1S/C10H17NO2/c1-7(11)9(12)13-8-5-10(6-8)3-2-4-10/h7-8H,2-6,11H2,1H3/t7-/m0/s1. The predicted molar refractivity (Wildman–Crippen MR) is 49.0 cm³/mol. The van der Waals surface area contributed by atoms with Gasteiger partial charge in [0.25, 0.3) is 0 Å². The molecule has 2 saturated carbocycles. The van der Waals surface area contributed by atoms with E-state index in [2.05, 4.69) is 0 Å². The molecule has 2 aliphatic rings. The summed E-state index contributed by atoms with van der Waals surface area (Å²) in [4.78, 5) is 11.1. The van der Waals surface area contributed by atoms with Crippen molar-refractivity contribution in [2.45, 2.75) is 51.2 Å². The number of esters is 1. The molecule has 0 aliphatic heterocycles. The minimum absolute atomic E-state index is 0.166. The lowest BCUT2D eigenvalue weighted by molar-refractivity contribution is -0.168. The van der Waals surface area contributed by atoms with E-state index in [-0.39, 0.29) is 12.1 Å². The fraction of sp³-hybridized carbons (Fsp3) is 0.900. The second kappa shape index (κ2) is 2.98. The van der Waals surface area contributed by atoms with Crippen molar-refractivity contribution in [2.24, 2.45) is 11.1 Å². The fourth-order valence-corrected chi connectivity index (χ4v) is 2.35. The summed E-state index contributed by atoms with van der Waals surface area (Å²) in [6.07, 6.45) is 6.34. The summed E-state index contributed by atoms with van der Waals surface area (Å²) in [5.41, 5.74) is 5.97. The molecule has 0 heterocycles. The zero-order valence-corrected chi connectivity index (χ0v) is 8.08. The Bertz CT molecular complexity index is 213. The molecule has 0 aromatic carbocycles. The minimum atomic E-state index is -0.474. The summed E-state index contributed by atoms with van der Waals surface area (Å²) < 4.78 is 5.21. The van der Waals surface area contributed by atoms with E-state index in [0.29, 0.717) is 5.41 Å². The number of carbonyl (C=O) groups excluding carboxylic acids is 1. The highest BCUT2D eigenvalue weighted by Gasteiger charge is 2.49. The molecule has 0 bridgehead atoms. The van der Waals surface area contributed by atoms with Gasteiger partial charge in [-0.05, 0) is 38.0 Å². The molecule has 13 heavy (non-hydrogen) atoms. The van der Waals surface area contributed by atoms with Gasteiger partial charge in [-0.25, -0.2) is 0 Å². The van der Waals surface area contributed by atoms with Gasteiger partial charge in [-0.2, -0.15) is 0 Å². The first-order valence-electron chi connectivity index (χ1n) is 5.07. The van der Waals surface area contributed by atoms with E-state index in [1.165, 1.54) is 19.3 Å². The Balaban J connectivity index is 1.72. The van der Waals surface area contributed by atoms with Crippen LogP contribution >= 0.6 is 0 Å². The van der Waals surface area contributed by atoms with Gasteiger partial charge in [0.2, 0.25) is 0 Å². The smallest absolute Gasteiger partial charge is 0.322 e. The van der Waals surface area contributed by atoms with E-state index in [1.807, 2.05) is 0 Å². The number of nitrogens with two attached hydrogens (primary N) is 1. The average molecular weight is 183 g/mol. The Morgan fingerprint density at radius 3 is 2.54 bits per heavy atom. The van der Waals surface area contributed by atoms with Crippen molar-refractivity contribution in [3.05, 3.63) is 0 Å². The highest BCUT2D eigenvalue weighted by atomic mass is 16.5. The molecule has 3 nitrogen and oxygen atoms in total. The summed E-state index contributed by atoms with van der Waals surface area (Å²) in [6, 6.07) is -0.474. The largest absolute Gasteiger partial charge is 0.461 e. The number of rotatable bonds is 2. The molecule has 0 aromatic rings. The van der Waals surface area contributed by atoms with Crippen LogP contribution < -0.4 is 5.73 Å². The van der Waals surface area contributed by atoms with Crippen LogP contribution in [0.1, 0.15) is 39.0 Å². The van der Waals surface area contributed by atoms with Crippen LogP contribution in [0.25, 0.3) is 0 Å². The normalized spacial score (nSPS) is 27.5. The molecular weight excluding hydrogens is 166 g/mol. The SMILES string of the molecule is C[C@H](N)C(=O)OC1CC2(CCC2)C1. The van der Waals surface area contributed by atoms with Gasteiger partial charge in [0.15, 0.2) is 0 Å². The first kappa shape index (κ1) is 9.00. The molecule has 74 valence electrons. The molecule has 2 rings (SSSR count). The highest BCUT2D eigenvalue weighted by Crippen LogP contribution is 2.56. The van der Waals surface area contributed by atoms with E-state index in [9.17, 15) is 4.79 Å². The molecule has 0 saturated heterocycles. The van der Waals surface area contributed by atoms with Crippen LogP contribution in [0.2, 0.25) is 0 Å². The predicted octanol–water partition coefficient (Wildman–Crippen LogP) is 1.21. The summed E-state index contributed by atoms with van der Waals surface area (Å²) in [5.74, 6) is -0.251. The van der Waals surface area contributed by atoms with Crippen molar-refractivity contribution in [3.8, 4) is 0 Å². The third-order valence-electron chi connectivity index (χ3n) is 3.39. The maximum Gasteiger partial charge on any atom is 0.322 e. The van der Waals surface area contributed by atoms with Crippen molar-refractivity contribution in [1.29, 1.82) is 0 Å². The molecule has 2 N–H and O–H groups in total. The van der Waals surface area contributed by atoms with Gasteiger partial charge in [-0.3, -0.25) is 4.79 Å². The van der Waals surface area contributed by atoms with Crippen LogP contribution in [0.15, 0.2) is 0 Å². The number of carbonyl (C=O) groups is 1. The number of hydrogen-bond donors (Lipinski definition) is 1. The highest BCUT2D eigenvalue weighted by molar-refractivity contribution is 5.75. The van der Waals surface area contributed by atoms with Crippen molar-refractivity contribution < 1.29 is 9.53 Å². The number of ether oxygens (including phenoxy) is 1. The van der Waals surface area contributed by atoms with Gasteiger partial charge >= 0.3 is 5.97 Å². The van der Waals surface area contributed by atoms with E-state index in [1.54, 1.807) is 6.92 Å². The van der Waals surface area contributed by atoms with Crippen LogP contribution in [-0.2, 0) is 9.53 Å². The second-order valence-corrected chi connectivity index (χ2v) is 4.61. The molecule has 0 radical (unpaired) electrons. The van der Waals surface area contributed by atoms with Gasteiger partial charge < -0.3 is 10.5 Å². The second-order valence-electron chi connectivity index (χ2n) is 4.61. The third kappa shape index (κ3) is 1.57. The van der Waals surface area contributed by atoms with Gasteiger partial charge in [-0.1, -0.05) is 6.42 Å². The lowest BCUT2D eigenvalue weighted by Gasteiger charge is -2.53. The summed E-state index contributed by atoms with van der Waals surface area (Å²) in [6.45, 7) is 1.67. The Morgan fingerprint density at radius 1 is 1.54 bits per heavy atom. The van der Waals surface area contributed by atoms with E-state index in [4.69, 9.17) is 10.5 Å². The molecular formula is C10H17NO2. The summed E-state index contributed by atoms with van der Waals surface area (Å²) >= 11 is 0. The summed E-state index contributed by atoms with van der Waals surface area (Å²) in [7, 11) is 0. The fourth-order valence-electron chi connectivity index (χ4n) is 2.35. The van der Waals surface area contributed by atoms with Crippen LogP contribution in [0.5, 0.6) is 0 Å². The van der Waals surface area contributed by atoms with E-state index < -0.39 is 6.04 Å². The van der Waals surface area contributed by atoms with Crippen LogP contribution in [0.3, 0.4) is 0 Å². The zero-order chi connectivity index (χ0) is 9.47. The van der Waals surface area contributed by atoms with Crippen LogP contribution in [0.4, 0.5) is 0 Å². The molecule has 0 aromatic heterocycles. The van der Waals surface area contributed by atoms with E-state index >= 15 is 0 Å². The molecule has 3 heteroatoms. The van der Waals surface area contributed by atoms with Gasteiger partial charge in [0, 0.05) is 0 Å². The van der Waals surface area contributed by atoms with Crippen LogP contribution in [0, 0.1) is 5.41 Å². The first-order chi connectivity index (χ1) is 6.11. The zero-order valence-electron chi connectivity index (χ0n) is 8.08. The lowest BCUT2D eigenvalue weighted by Crippen LogP contribution is -2.48. The monoisotopic (exact) mass is 183 g/mol. The average Bonchev–Trinajstić information content (AvgIpc) is 1.90. The number of hydrogen-bond acceptors (Lipinski definition) is 3. The minimum Gasteiger partial charge on any atom is -0.461 e. The molecule has 2 aliphatic carbocycles. The van der Waals surface area contributed by atoms with E-state index in [0.717, 1.165) is 12.8 Å². The van der Waals surface area contributed by atoms with Crippen molar-refractivity contribution in [3.63, 3.8) is 0 Å². The van der Waals surface area contributed by atoms with Gasteiger partial charge in [0.05, 0.1) is 0 Å².